The van der Waals surface area contributed by atoms with Crippen LogP contribution < -0.4 is 10.6 Å². The van der Waals surface area contributed by atoms with Gasteiger partial charge in [0.15, 0.2) is 0 Å². The maximum absolute atomic E-state index is 12.3. The molecule has 2 N–H and O–H groups in total. The quantitative estimate of drug-likeness (QED) is 0.800. The molecule has 0 radical (unpaired) electrons. The van der Waals surface area contributed by atoms with Gasteiger partial charge in [0.05, 0.1) is 0 Å². The zero-order valence-corrected chi connectivity index (χ0v) is 11.5. The summed E-state index contributed by atoms with van der Waals surface area (Å²) in [5, 5.41) is 6.64. The summed E-state index contributed by atoms with van der Waals surface area (Å²) >= 11 is 0. The fourth-order valence-electron chi connectivity index (χ4n) is 4.95. The van der Waals surface area contributed by atoms with E-state index in [0.717, 1.165) is 43.2 Å². The van der Waals surface area contributed by atoms with Crippen LogP contribution in [-0.2, 0) is 4.79 Å². The number of carbonyl (C=O) groups excluding carboxylic acids is 1. The van der Waals surface area contributed by atoms with E-state index in [9.17, 15) is 4.79 Å². The number of carbonyl (C=O) groups is 1. The summed E-state index contributed by atoms with van der Waals surface area (Å²) in [6, 6.07) is 0.398. The minimum absolute atomic E-state index is 0. The van der Waals surface area contributed by atoms with Crippen LogP contribution in [0.1, 0.15) is 32.1 Å². The lowest BCUT2D eigenvalue weighted by atomic mass is 10.0. The van der Waals surface area contributed by atoms with Crippen molar-refractivity contribution < 1.29 is 4.79 Å². The molecule has 5 atom stereocenters. The molecule has 1 heterocycles. The molecule has 0 aromatic heterocycles. The standard InChI is InChI=1S/C14H22N2O.ClH/c17-14(16-10-2-1-5-15-7-10)13-11-8-3-4-9(6-8)12(11)13;/h8-13,15H,1-7H2,(H,16,17);1H/t8?,9?,10-,11?,12?,13?;/m0./s1. The number of nitrogens with one attached hydrogen (secondary N) is 2. The van der Waals surface area contributed by atoms with E-state index in [1.165, 1.54) is 25.7 Å². The van der Waals surface area contributed by atoms with Crippen LogP contribution in [-0.4, -0.2) is 25.0 Å². The van der Waals surface area contributed by atoms with Crippen molar-refractivity contribution in [3.05, 3.63) is 0 Å². The van der Waals surface area contributed by atoms with Crippen LogP contribution in [0.3, 0.4) is 0 Å². The molecule has 4 heteroatoms. The molecular weight excluding hydrogens is 248 g/mol. The Morgan fingerprint density at radius 1 is 1.11 bits per heavy atom. The SMILES string of the molecule is Cl.O=C(N[C@H]1CCCNC1)C1C2C3CCC(C3)C12. The first-order chi connectivity index (χ1) is 8.34. The average Bonchev–Trinajstić information content (AvgIpc) is 2.80. The highest BCUT2D eigenvalue weighted by Gasteiger charge is 2.67. The zero-order valence-electron chi connectivity index (χ0n) is 10.7. The molecular formula is C14H23ClN2O. The van der Waals surface area contributed by atoms with E-state index in [4.69, 9.17) is 0 Å². The van der Waals surface area contributed by atoms with Gasteiger partial charge in [0, 0.05) is 18.5 Å². The minimum Gasteiger partial charge on any atom is -0.352 e. The molecule has 4 aliphatic rings. The van der Waals surface area contributed by atoms with Crippen LogP contribution in [0.25, 0.3) is 0 Å². The number of halogens is 1. The second kappa shape index (κ2) is 4.68. The van der Waals surface area contributed by atoms with E-state index in [0.29, 0.717) is 17.9 Å². The molecule has 0 spiro atoms. The Hall–Kier alpha value is -0.280. The predicted molar refractivity (Wildman–Crippen MR) is 72.6 cm³/mol. The molecule has 3 saturated carbocycles. The van der Waals surface area contributed by atoms with E-state index in [-0.39, 0.29) is 12.4 Å². The van der Waals surface area contributed by atoms with E-state index in [1.807, 2.05) is 0 Å². The minimum atomic E-state index is 0. The third kappa shape index (κ3) is 1.87. The third-order valence-corrected chi connectivity index (χ3v) is 5.68. The van der Waals surface area contributed by atoms with Crippen LogP contribution in [0.5, 0.6) is 0 Å². The van der Waals surface area contributed by atoms with Crippen LogP contribution in [0.4, 0.5) is 0 Å². The maximum Gasteiger partial charge on any atom is 0.223 e. The molecule has 1 amide bonds. The van der Waals surface area contributed by atoms with Gasteiger partial charge in [-0.2, -0.15) is 0 Å². The zero-order chi connectivity index (χ0) is 11.4. The van der Waals surface area contributed by atoms with Crippen LogP contribution in [0.15, 0.2) is 0 Å². The van der Waals surface area contributed by atoms with Crippen molar-refractivity contribution in [2.75, 3.05) is 13.1 Å². The summed E-state index contributed by atoms with van der Waals surface area (Å²) in [5.74, 6) is 4.17. The summed E-state index contributed by atoms with van der Waals surface area (Å²) in [5.41, 5.74) is 0. The topological polar surface area (TPSA) is 41.1 Å². The summed E-state index contributed by atoms with van der Waals surface area (Å²) < 4.78 is 0. The molecule has 18 heavy (non-hydrogen) atoms. The fourth-order valence-corrected chi connectivity index (χ4v) is 4.95. The molecule has 0 aromatic rings. The van der Waals surface area contributed by atoms with Gasteiger partial charge in [0.2, 0.25) is 5.91 Å². The Kier molecular flexibility index (Phi) is 3.31. The number of rotatable bonds is 2. The van der Waals surface area contributed by atoms with Crippen LogP contribution >= 0.6 is 12.4 Å². The van der Waals surface area contributed by atoms with Crippen molar-refractivity contribution in [3.63, 3.8) is 0 Å². The molecule has 0 aromatic carbocycles. The second-order valence-electron chi connectivity index (χ2n) is 6.57. The highest BCUT2D eigenvalue weighted by molar-refractivity contribution is 5.85. The normalized spacial score (nSPS) is 48.2. The lowest BCUT2D eigenvalue weighted by Crippen LogP contribution is -2.46. The van der Waals surface area contributed by atoms with Gasteiger partial charge < -0.3 is 10.6 Å². The van der Waals surface area contributed by atoms with Gasteiger partial charge in [-0.1, -0.05) is 0 Å². The smallest absolute Gasteiger partial charge is 0.223 e. The fraction of sp³-hybridized carbons (Fsp3) is 0.929. The molecule has 1 saturated heterocycles. The van der Waals surface area contributed by atoms with Gasteiger partial charge in [-0.05, 0) is 62.3 Å². The van der Waals surface area contributed by atoms with Gasteiger partial charge in [0.1, 0.15) is 0 Å². The van der Waals surface area contributed by atoms with Crippen LogP contribution in [0.2, 0.25) is 0 Å². The maximum atomic E-state index is 12.3. The summed E-state index contributed by atoms with van der Waals surface area (Å²) in [6.07, 6.45) is 6.60. The number of fused-ring (bicyclic) bond motifs is 5. The molecule has 2 bridgehead atoms. The van der Waals surface area contributed by atoms with Gasteiger partial charge in [-0.3, -0.25) is 4.79 Å². The van der Waals surface area contributed by atoms with E-state index in [2.05, 4.69) is 10.6 Å². The largest absolute Gasteiger partial charge is 0.352 e. The van der Waals surface area contributed by atoms with Gasteiger partial charge in [-0.25, -0.2) is 0 Å². The molecule has 4 fully saturated rings. The van der Waals surface area contributed by atoms with Gasteiger partial charge in [-0.15, -0.1) is 12.4 Å². The number of hydrogen-bond acceptors (Lipinski definition) is 2. The highest BCUT2D eigenvalue weighted by Crippen LogP contribution is 2.69. The lowest BCUT2D eigenvalue weighted by molar-refractivity contribution is -0.124. The van der Waals surface area contributed by atoms with Gasteiger partial charge >= 0.3 is 0 Å². The summed E-state index contributed by atoms with van der Waals surface area (Å²) in [7, 11) is 0. The van der Waals surface area contributed by atoms with Crippen molar-refractivity contribution >= 4 is 18.3 Å². The van der Waals surface area contributed by atoms with E-state index < -0.39 is 0 Å². The Morgan fingerprint density at radius 2 is 1.83 bits per heavy atom. The third-order valence-electron chi connectivity index (χ3n) is 5.68. The first-order valence-corrected chi connectivity index (χ1v) is 7.35. The monoisotopic (exact) mass is 270 g/mol. The Labute approximate surface area is 115 Å². The lowest BCUT2D eigenvalue weighted by Gasteiger charge is -2.24. The van der Waals surface area contributed by atoms with Crippen molar-refractivity contribution in [1.82, 2.24) is 10.6 Å². The number of hydrogen-bond donors (Lipinski definition) is 2. The molecule has 4 rings (SSSR count). The first kappa shape index (κ1) is 12.7. The first-order valence-electron chi connectivity index (χ1n) is 7.35. The predicted octanol–water partition coefficient (Wildman–Crippen LogP) is 1.57. The van der Waals surface area contributed by atoms with Crippen molar-refractivity contribution in [2.24, 2.45) is 29.6 Å². The Bertz CT molecular complexity index is 327. The highest BCUT2D eigenvalue weighted by atomic mass is 35.5. The molecule has 4 unspecified atom stereocenters. The molecule has 102 valence electrons. The molecule has 3 nitrogen and oxygen atoms in total. The van der Waals surface area contributed by atoms with E-state index >= 15 is 0 Å². The Morgan fingerprint density at radius 3 is 2.44 bits per heavy atom. The number of amides is 1. The second-order valence-corrected chi connectivity index (χ2v) is 6.57. The average molecular weight is 271 g/mol. The summed E-state index contributed by atoms with van der Waals surface area (Å²) in [6.45, 7) is 2.09. The Balaban J connectivity index is 0.000001000. The van der Waals surface area contributed by atoms with Crippen molar-refractivity contribution in [2.45, 2.75) is 38.1 Å². The number of piperidine rings is 1. The van der Waals surface area contributed by atoms with Crippen molar-refractivity contribution in [3.8, 4) is 0 Å². The molecule has 3 aliphatic carbocycles. The van der Waals surface area contributed by atoms with Crippen molar-refractivity contribution in [1.29, 1.82) is 0 Å². The van der Waals surface area contributed by atoms with Crippen LogP contribution in [0, 0.1) is 29.6 Å². The molecule has 1 aliphatic heterocycles. The van der Waals surface area contributed by atoms with E-state index in [1.54, 1.807) is 0 Å². The van der Waals surface area contributed by atoms with Gasteiger partial charge in [0.25, 0.3) is 0 Å². The summed E-state index contributed by atoms with van der Waals surface area (Å²) in [4.78, 5) is 12.3.